The van der Waals surface area contributed by atoms with Crippen molar-refractivity contribution in [2.45, 2.75) is 18.2 Å². The predicted molar refractivity (Wildman–Crippen MR) is 117 cm³/mol. The van der Waals surface area contributed by atoms with E-state index in [1.807, 2.05) is 6.92 Å². The number of hydrogen-bond acceptors (Lipinski definition) is 3. The van der Waals surface area contributed by atoms with Crippen LogP contribution in [0.2, 0.25) is 10.0 Å². The lowest BCUT2D eigenvalue weighted by atomic mass is 10.1. The molecular weight excluding hydrogens is 450 g/mol. The fraction of sp³-hybridized carbons (Fsp3) is 0.0952. The molecule has 0 aliphatic rings. The van der Waals surface area contributed by atoms with Crippen LogP contribution in [0.1, 0.15) is 11.1 Å². The van der Waals surface area contributed by atoms with Gasteiger partial charge in [-0.1, -0.05) is 35.3 Å². The monoisotopic (exact) mass is 466 g/mol. The van der Waals surface area contributed by atoms with E-state index in [2.05, 4.69) is 10.0 Å². The molecule has 0 spiro atoms. The topological polar surface area (TPSA) is 75.3 Å². The van der Waals surface area contributed by atoms with Crippen molar-refractivity contribution in [2.75, 3.05) is 10.0 Å². The van der Waals surface area contributed by atoms with Gasteiger partial charge < -0.3 is 5.32 Å². The third kappa shape index (κ3) is 5.50. The van der Waals surface area contributed by atoms with Gasteiger partial charge in [0, 0.05) is 21.4 Å². The van der Waals surface area contributed by atoms with Crippen LogP contribution in [0.3, 0.4) is 0 Å². The smallest absolute Gasteiger partial charge is 0.264 e. The minimum absolute atomic E-state index is 0.0981. The minimum Gasteiger partial charge on any atom is -0.326 e. The zero-order valence-electron chi connectivity index (χ0n) is 15.7. The van der Waals surface area contributed by atoms with E-state index in [-0.39, 0.29) is 23.0 Å². The normalized spacial score (nSPS) is 11.2. The van der Waals surface area contributed by atoms with Crippen molar-refractivity contribution < 1.29 is 17.6 Å². The summed E-state index contributed by atoms with van der Waals surface area (Å²) in [4.78, 5) is 11.8. The third-order valence-corrected chi connectivity index (χ3v) is 6.10. The lowest BCUT2D eigenvalue weighted by Crippen LogP contribution is -2.16. The fourth-order valence-corrected chi connectivity index (χ4v) is 4.25. The van der Waals surface area contributed by atoms with Crippen molar-refractivity contribution in [3.63, 3.8) is 0 Å². The average Bonchev–Trinajstić information content (AvgIpc) is 2.65. The van der Waals surface area contributed by atoms with Crippen LogP contribution in [0.5, 0.6) is 0 Å². The van der Waals surface area contributed by atoms with Gasteiger partial charge in [0.05, 0.1) is 6.42 Å². The first-order valence-electron chi connectivity index (χ1n) is 8.77. The zero-order valence-corrected chi connectivity index (χ0v) is 18.1. The second-order valence-electron chi connectivity index (χ2n) is 6.56. The Morgan fingerprint density at radius 1 is 0.967 bits per heavy atom. The molecule has 9 heteroatoms. The number of nitrogens with one attached hydrogen (secondary N) is 2. The summed E-state index contributed by atoms with van der Waals surface area (Å²) >= 11 is 11.6. The molecule has 3 aromatic rings. The number of hydrogen-bond donors (Lipinski definition) is 2. The summed E-state index contributed by atoms with van der Waals surface area (Å²) in [5, 5.41) is 3.49. The second-order valence-corrected chi connectivity index (χ2v) is 9.09. The molecule has 0 radical (unpaired) electrons. The highest BCUT2D eigenvalue weighted by Gasteiger charge is 2.19. The quantitative estimate of drug-likeness (QED) is 0.508. The maximum absolute atomic E-state index is 13.9. The lowest BCUT2D eigenvalue weighted by molar-refractivity contribution is -0.115. The van der Waals surface area contributed by atoms with E-state index >= 15 is 0 Å². The van der Waals surface area contributed by atoms with Gasteiger partial charge in [0.1, 0.15) is 10.7 Å². The highest BCUT2D eigenvalue weighted by molar-refractivity contribution is 7.92. The van der Waals surface area contributed by atoms with Gasteiger partial charge in [-0.2, -0.15) is 0 Å². The van der Waals surface area contributed by atoms with Crippen LogP contribution in [0.4, 0.5) is 15.8 Å². The molecule has 0 fully saturated rings. The van der Waals surface area contributed by atoms with Crippen molar-refractivity contribution in [2.24, 2.45) is 0 Å². The van der Waals surface area contributed by atoms with Crippen molar-refractivity contribution in [1.29, 1.82) is 0 Å². The minimum atomic E-state index is -4.12. The van der Waals surface area contributed by atoms with Crippen LogP contribution >= 0.6 is 23.2 Å². The number of amides is 1. The van der Waals surface area contributed by atoms with Crippen LogP contribution in [-0.2, 0) is 21.2 Å². The molecule has 5 nitrogen and oxygen atoms in total. The Morgan fingerprint density at radius 2 is 1.60 bits per heavy atom. The Morgan fingerprint density at radius 3 is 2.23 bits per heavy atom. The first-order chi connectivity index (χ1) is 14.1. The second kappa shape index (κ2) is 9.04. The van der Waals surface area contributed by atoms with Crippen LogP contribution in [0.15, 0.2) is 65.6 Å². The Balaban J connectivity index is 1.66. The van der Waals surface area contributed by atoms with Gasteiger partial charge in [0.25, 0.3) is 10.0 Å². The van der Waals surface area contributed by atoms with Gasteiger partial charge in [-0.3, -0.25) is 9.52 Å². The number of sulfonamides is 1. The molecule has 0 bridgehead atoms. The summed E-state index contributed by atoms with van der Waals surface area (Å²) in [7, 11) is -4.12. The predicted octanol–water partition coefficient (Wildman–Crippen LogP) is 5.42. The van der Waals surface area contributed by atoms with E-state index in [0.717, 1.165) is 17.7 Å². The first-order valence-corrected chi connectivity index (χ1v) is 11.0. The van der Waals surface area contributed by atoms with E-state index in [1.165, 1.54) is 18.2 Å². The molecule has 0 heterocycles. The van der Waals surface area contributed by atoms with Crippen LogP contribution in [-0.4, -0.2) is 14.3 Å². The first kappa shape index (κ1) is 22.1. The van der Waals surface area contributed by atoms with E-state index in [0.29, 0.717) is 16.3 Å². The van der Waals surface area contributed by atoms with Crippen LogP contribution < -0.4 is 10.0 Å². The number of rotatable bonds is 6. The molecule has 0 atom stereocenters. The summed E-state index contributed by atoms with van der Waals surface area (Å²) < 4.78 is 41.0. The summed E-state index contributed by atoms with van der Waals surface area (Å²) in [6.07, 6.45) is 0.0981. The summed E-state index contributed by atoms with van der Waals surface area (Å²) in [5.74, 6) is -1.17. The number of anilines is 2. The molecule has 0 unspecified atom stereocenters. The van der Waals surface area contributed by atoms with Gasteiger partial charge >= 0.3 is 0 Å². The Hall–Kier alpha value is -2.61. The van der Waals surface area contributed by atoms with Crippen LogP contribution in [0, 0.1) is 12.7 Å². The molecule has 3 rings (SSSR count). The van der Waals surface area contributed by atoms with Gasteiger partial charge in [0.2, 0.25) is 5.91 Å². The molecule has 156 valence electrons. The summed E-state index contributed by atoms with van der Waals surface area (Å²) in [6.45, 7) is 1.84. The molecule has 0 saturated heterocycles. The Labute approximate surface area is 183 Å². The highest BCUT2D eigenvalue weighted by atomic mass is 35.5. The maximum atomic E-state index is 13.9. The molecule has 0 saturated carbocycles. The molecular formula is C21H17Cl2FN2O3S. The van der Waals surface area contributed by atoms with Gasteiger partial charge in [-0.05, 0) is 66.6 Å². The standard InChI is InChI=1S/C21H17Cl2FN2O3S/c1-13-10-15(22)4-8-19(13)25-21(27)11-14-2-6-17(7-3-14)26-30(28,29)20-9-5-16(23)12-18(20)24/h2-10,12,26H,11H2,1H3,(H,25,27). The van der Waals surface area contributed by atoms with E-state index < -0.39 is 20.7 Å². The molecule has 2 N–H and O–H groups in total. The Bertz CT molecular complexity index is 1200. The maximum Gasteiger partial charge on any atom is 0.264 e. The van der Waals surface area contributed by atoms with E-state index in [4.69, 9.17) is 23.2 Å². The van der Waals surface area contributed by atoms with Gasteiger partial charge in [-0.25, -0.2) is 12.8 Å². The van der Waals surface area contributed by atoms with E-state index in [9.17, 15) is 17.6 Å². The summed E-state index contributed by atoms with van der Waals surface area (Å²) in [6, 6.07) is 14.7. The lowest BCUT2D eigenvalue weighted by Gasteiger charge is -2.11. The molecule has 3 aromatic carbocycles. The number of carbonyl (C=O) groups is 1. The average molecular weight is 467 g/mol. The molecule has 0 aromatic heterocycles. The molecule has 1 amide bonds. The molecule has 0 aliphatic heterocycles. The number of benzene rings is 3. The fourth-order valence-electron chi connectivity index (χ4n) is 2.74. The summed E-state index contributed by atoms with van der Waals surface area (Å²) in [5.41, 5.74) is 2.43. The van der Waals surface area contributed by atoms with Crippen molar-refractivity contribution in [3.8, 4) is 0 Å². The highest BCUT2D eigenvalue weighted by Crippen LogP contribution is 2.23. The van der Waals surface area contributed by atoms with Crippen molar-refractivity contribution >= 4 is 50.5 Å². The molecule has 0 aliphatic carbocycles. The Kier molecular flexibility index (Phi) is 6.65. The number of halogens is 3. The van der Waals surface area contributed by atoms with Crippen molar-refractivity contribution in [1.82, 2.24) is 0 Å². The molecule has 30 heavy (non-hydrogen) atoms. The SMILES string of the molecule is Cc1cc(Cl)ccc1NC(=O)Cc1ccc(NS(=O)(=O)c2ccc(Cl)cc2F)cc1. The van der Waals surface area contributed by atoms with Crippen molar-refractivity contribution in [3.05, 3.63) is 87.7 Å². The van der Waals surface area contributed by atoms with Gasteiger partial charge in [-0.15, -0.1) is 0 Å². The number of aryl methyl sites for hydroxylation is 1. The van der Waals surface area contributed by atoms with Crippen LogP contribution in [0.25, 0.3) is 0 Å². The number of carbonyl (C=O) groups excluding carboxylic acids is 1. The van der Waals surface area contributed by atoms with E-state index in [1.54, 1.807) is 30.3 Å². The largest absolute Gasteiger partial charge is 0.326 e. The zero-order chi connectivity index (χ0) is 21.9. The van der Waals surface area contributed by atoms with Gasteiger partial charge in [0.15, 0.2) is 0 Å². The third-order valence-electron chi connectivity index (χ3n) is 4.22.